The van der Waals surface area contributed by atoms with E-state index in [2.05, 4.69) is 0 Å². The fourth-order valence-electron chi connectivity index (χ4n) is 7.04. The maximum absolute atomic E-state index is 13.9. The number of hydrazine groups is 1. The number of hydrogen-bond acceptors (Lipinski definition) is 7. The van der Waals surface area contributed by atoms with Crippen LogP contribution in [0.3, 0.4) is 0 Å². The van der Waals surface area contributed by atoms with Crippen molar-refractivity contribution >= 4 is 52.7 Å². The molecular weight excluding hydrogens is 619 g/mol. The number of esters is 1. The number of benzene rings is 3. The van der Waals surface area contributed by atoms with Crippen LogP contribution in [-0.2, 0) is 9.59 Å². The van der Waals surface area contributed by atoms with Crippen molar-refractivity contribution in [3.63, 3.8) is 0 Å². The standard InChI is InChI=1S/C34H26Cl2N2O7/c1-44-21-4-2-3-19(13-21)34(43)45-20-8-5-17(6-9-20)28(39)16-37(31(40)18-7-12-26(35)27(36)14-18)38-32(41)29-22-10-11-23(25-15-24(22)25)30(29)33(38)42/h2-14,22-25,29-30H,15-16H2,1H3/t22-,23-,24-,25+,29+,30+/m0/s1. The summed E-state index contributed by atoms with van der Waals surface area (Å²) in [4.78, 5) is 67.9. The van der Waals surface area contributed by atoms with Crippen molar-refractivity contribution in [1.82, 2.24) is 10.0 Å². The lowest BCUT2D eigenvalue weighted by Crippen LogP contribution is -2.52. The number of methoxy groups -OCH3 is 1. The molecule has 45 heavy (non-hydrogen) atoms. The third kappa shape index (κ3) is 5.00. The first-order chi connectivity index (χ1) is 21.7. The summed E-state index contributed by atoms with van der Waals surface area (Å²) < 4.78 is 10.6. The van der Waals surface area contributed by atoms with Gasteiger partial charge in [0, 0.05) is 11.1 Å². The number of ether oxygens (including phenoxy) is 2. The molecule has 0 aromatic heterocycles. The van der Waals surface area contributed by atoms with Crippen molar-refractivity contribution < 1.29 is 33.4 Å². The van der Waals surface area contributed by atoms with Gasteiger partial charge in [-0.15, -0.1) is 0 Å². The van der Waals surface area contributed by atoms with Crippen LogP contribution in [0.25, 0.3) is 0 Å². The van der Waals surface area contributed by atoms with E-state index in [0.29, 0.717) is 17.6 Å². The topological polar surface area (TPSA) is 110 Å². The SMILES string of the molecule is COc1cccc(C(=O)Oc2ccc(C(=O)CN(C(=O)c3ccc(Cl)c(Cl)c3)N3C(=O)[C@@H]4[C@H]5C=C[C@@H]([C@@H]6C[C@H]56)[C@H]4C3=O)cc2)c1. The van der Waals surface area contributed by atoms with E-state index in [1.165, 1.54) is 49.6 Å². The van der Waals surface area contributed by atoms with Gasteiger partial charge in [0.25, 0.3) is 17.7 Å². The molecule has 0 radical (unpaired) electrons. The molecule has 8 rings (SSSR count). The van der Waals surface area contributed by atoms with Crippen LogP contribution in [-0.4, -0.2) is 53.1 Å². The Bertz CT molecular complexity index is 1770. The lowest BCUT2D eigenvalue weighted by molar-refractivity contribution is -0.154. The highest BCUT2D eigenvalue weighted by atomic mass is 35.5. The summed E-state index contributed by atoms with van der Waals surface area (Å²) >= 11 is 12.2. The Morgan fingerprint density at radius 1 is 0.800 bits per heavy atom. The van der Waals surface area contributed by atoms with Crippen LogP contribution >= 0.6 is 23.2 Å². The summed E-state index contributed by atoms with van der Waals surface area (Å²) in [7, 11) is 1.49. The number of hydrogen-bond donors (Lipinski definition) is 0. The molecule has 228 valence electrons. The minimum Gasteiger partial charge on any atom is -0.497 e. The Labute approximate surface area is 268 Å². The highest BCUT2D eigenvalue weighted by Gasteiger charge is 2.68. The number of carbonyl (C=O) groups is 5. The monoisotopic (exact) mass is 644 g/mol. The maximum Gasteiger partial charge on any atom is 0.343 e. The van der Waals surface area contributed by atoms with Crippen LogP contribution in [0.2, 0.25) is 10.0 Å². The van der Waals surface area contributed by atoms with Gasteiger partial charge in [-0.05, 0) is 90.8 Å². The van der Waals surface area contributed by atoms with E-state index in [-0.39, 0.29) is 44.3 Å². The third-order valence-electron chi connectivity index (χ3n) is 9.27. The van der Waals surface area contributed by atoms with Crippen molar-refractivity contribution in [2.24, 2.45) is 35.5 Å². The highest BCUT2D eigenvalue weighted by Crippen LogP contribution is 2.65. The zero-order valence-corrected chi connectivity index (χ0v) is 25.4. The number of allylic oxidation sites excluding steroid dienone is 2. The van der Waals surface area contributed by atoms with Crippen LogP contribution in [0.5, 0.6) is 11.5 Å². The molecule has 9 nitrogen and oxygen atoms in total. The Balaban J connectivity index is 1.14. The molecule has 3 aromatic rings. The van der Waals surface area contributed by atoms with Gasteiger partial charge in [0.2, 0.25) is 0 Å². The number of carbonyl (C=O) groups excluding carboxylic acids is 5. The van der Waals surface area contributed by atoms with Gasteiger partial charge in [0.1, 0.15) is 18.0 Å². The first kappa shape index (κ1) is 29.3. The summed E-state index contributed by atoms with van der Waals surface area (Å²) in [6, 6.07) is 16.5. The lowest BCUT2D eigenvalue weighted by atomic mass is 9.63. The number of amides is 3. The maximum atomic E-state index is 13.9. The largest absolute Gasteiger partial charge is 0.497 e. The number of halogens is 2. The smallest absolute Gasteiger partial charge is 0.343 e. The van der Waals surface area contributed by atoms with E-state index in [9.17, 15) is 24.0 Å². The molecule has 3 fully saturated rings. The molecule has 0 spiro atoms. The molecule has 4 aliphatic carbocycles. The van der Waals surface area contributed by atoms with Gasteiger partial charge >= 0.3 is 5.97 Å². The molecular formula is C34H26Cl2N2O7. The van der Waals surface area contributed by atoms with Gasteiger partial charge in [-0.2, -0.15) is 5.01 Å². The summed E-state index contributed by atoms with van der Waals surface area (Å²) in [5.41, 5.74) is 0.534. The quantitative estimate of drug-likeness (QED) is 0.104. The van der Waals surface area contributed by atoms with Gasteiger partial charge in [-0.1, -0.05) is 41.4 Å². The first-order valence-electron chi connectivity index (χ1n) is 14.5. The highest BCUT2D eigenvalue weighted by molar-refractivity contribution is 6.42. The Morgan fingerprint density at radius 2 is 1.44 bits per heavy atom. The van der Waals surface area contributed by atoms with E-state index >= 15 is 0 Å². The number of ketones is 1. The van der Waals surface area contributed by atoms with Crippen LogP contribution in [0.15, 0.2) is 78.9 Å². The van der Waals surface area contributed by atoms with Crippen LogP contribution in [0, 0.1) is 35.5 Å². The van der Waals surface area contributed by atoms with Crippen LogP contribution in [0.4, 0.5) is 0 Å². The molecule has 0 N–H and O–H groups in total. The van der Waals surface area contributed by atoms with Crippen LogP contribution in [0.1, 0.15) is 37.5 Å². The third-order valence-corrected chi connectivity index (χ3v) is 10.0. The van der Waals surface area contributed by atoms with Crippen molar-refractivity contribution in [2.75, 3.05) is 13.7 Å². The fourth-order valence-corrected chi connectivity index (χ4v) is 7.34. The molecule has 2 bridgehead atoms. The molecule has 3 amide bonds. The second-order valence-electron chi connectivity index (χ2n) is 11.7. The van der Waals surface area contributed by atoms with Crippen molar-refractivity contribution in [3.05, 3.63) is 106 Å². The van der Waals surface area contributed by atoms with E-state index < -0.39 is 47.9 Å². The first-order valence-corrected chi connectivity index (χ1v) is 15.2. The number of rotatable bonds is 8. The molecule has 5 aliphatic rings. The van der Waals surface area contributed by atoms with Crippen LogP contribution < -0.4 is 9.47 Å². The lowest BCUT2D eigenvalue weighted by Gasteiger charge is -2.37. The summed E-state index contributed by atoms with van der Waals surface area (Å²) in [6.07, 6.45) is 5.06. The second kappa shape index (κ2) is 11.2. The summed E-state index contributed by atoms with van der Waals surface area (Å²) in [5, 5.41) is 2.14. The predicted molar refractivity (Wildman–Crippen MR) is 163 cm³/mol. The van der Waals surface area contributed by atoms with Gasteiger partial charge in [-0.25, -0.2) is 9.80 Å². The Kier molecular flexibility index (Phi) is 7.25. The summed E-state index contributed by atoms with van der Waals surface area (Å²) in [6.45, 7) is -0.589. The predicted octanol–water partition coefficient (Wildman–Crippen LogP) is 5.51. The van der Waals surface area contributed by atoms with Gasteiger partial charge < -0.3 is 9.47 Å². The second-order valence-corrected chi connectivity index (χ2v) is 12.5. The van der Waals surface area contributed by atoms with Crippen molar-refractivity contribution in [3.8, 4) is 11.5 Å². The molecule has 0 unspecified atom stereocenters. The Morgan fingerprint density at radius 3 is 2.07 bits per heavy atom. The number of Topliss-reactive ketones (excluding diaryl/α,β-unsaturated/α-hetero) is 1. The number of imide groups is 1. The molecule has 3 aromatic carbocycles. The minimum absolute atomic E-state index is 0.0590. The normalized spacial score (nSPS) is 25.4. The van der Waals surface area contributed by atoms with Gasteiger partial charge in [-0.3, -0.25) is 19.2 Å². The summed E-state index contributed by atoms with van der Waals surface area (Å²) in [5.74, 6) is -2.64. The van der Waals surface area contributed by atoms with Crippen molar-refractivity contribution in [1.29, 1.82) is 0 Å². The molecule has 1 saturated heterocycles. The molecule has 11 heteroatoms. The minimum atomic E-state index is -0.739. The van der Waals surface area contributed by atoms with Gasteiger partial charge in [0.15, 0.2) is 5.78 Å². The Hall–Kier alpha value is -4.47. The average molecular weight is 645 g/mol. The fraction of sp³-hybridized carbons (Fsp3) is 0.265. The van der Waals surface area contributed by atoms with E-state index in [4.69, 9.17) is 32.7 Å². The zero-order valence-electron chi connectivity index (χ0n) is 23.9. The van der Waals surface area contributed by atoms with E-state index in [1.807, 2.05) is 12.2 Å². The zero-order chi connectivity index (χ0) is 31.6. The van der Waals surface area contributed by atoms with E-state index in [0.717, 1.165) is 16.4 Å². The van der Waals surface area contributed by atoms with Gasteiger partial charge in [0.05, 0.1) is 34.6 Å². The molecule has 1 aliphatic heterocycles. The van der Waals surface area contributed by atoms with E-state index in [1.54, 1.807) is 24.3 Å². The molecule has 1 heterocycles. The molecule has 6 atom stereocenters. The number of nitrogens with zero attached hydrogens (tertiary/aromatic N) is 2. The van der Waals surface area contributed by atoms with Crippen molar-refractivity contribution in [2.45, 2.75) is 6.42 Å². The average Bonchev–Trinajstić information content (AvgIpc) is 3.84. The molecule has 2 saturated carbocycles.